The molecule has 2 atom stereocenters. The molecule has 3 N–H and O–H groups in total. The summed E-state index contributed by atoms with van der Waals surface area (Å²) >= 11 is 0. The number of hydrogen-bond donors (Lipinski definition) is 3. The minimum Gasteiger partial charge on any atom is -0.465 e. The summed E-state index contributed by atoms with van der Waals surface area (Å²) in [5.41, 5.74) is -0.275. The maximum atomic E-state index is 15.0. The number of piperidine rings is 1. The van der Waals surface area contributed by atoms with Crippen molar-refractivity contribution >= 4 is 17.5 Å². The Balaban J connectivity index is 1.58. The number of pyridine rings is 2. The summed E-state index contributed by atoms with van der Waals surface area (Å²) in [7, 11) is 0. The molecule has 1 amide bonds. The van der Waals surface area contributed by atoms with Gasteiger partial charge in [-0.05, 0) is 62.1 Å². The number of nitrogens with one attached hydrogen (secondary N) is 2. The first-order chi connectivity index (χ1) is 18.5. The number of amides is 1. The van der Waals surface area contributed by atoms with Gasteiger partial charge in [-0.25, -0.2) is 22.9 Å². The Labute approximate surface area is 224 Å². The SMILES string of the molecule is C[C@@H]1C[C@H](NC(=O)O)CN(c2ccncc2NCc2ccc(F)c(-c3c(F)cc(C(C)(C)C#N)cc3F)n2)C1. The Morgan fingerprint density at radius 3 is 2.56 bits per heavy atom. The molecule has 0 unspecified atom stereocenters. The van der Waals surface area contributed by atoms with Gasteiger partial charge in [0.2, 0.25) is 0 Å². The Hall–Kier alpha value is -4.33. The quantitative estimate of drug-likeness (QED) is 0.366. The number of nitriles is 1. The molecule has 0 bridgehead atoms. The van der Waals surface area contributed by atoms with E-state index in [1.165, 1.54) is 19.9 Å². The smallest absolute Gasteiger partial charge is 0.404 e. The average Bonchev–Trinajstić information content (AvgIpc) is 2.88. The number of carboxylic acid groups (broad SMARTS) is 1. The number of nitrogens with zero attached hydrogens (tertiary/aromatic N) is 4. The van der Waals surface area contributed by atoms with E-state index in [4.69, 9.17) is 5.11 Å². The van der Waals surface area contributed by atoms with Gasteiger partial charge in [0.15, 0.2) is 0 Å². The lowest BCUT2D eigenvalue weighted by molar-refractivity contribution is 0.186. The van der Waals surface area contributed by atoms with Crippen LogP contribution in [-0.2, 0) is 12.0 Å². The summed E-state index contributed by atoms with van der Waals surface area (Å²) in [4.78, 5) is 21.6. The van der Waals surface area contributed by atoms with Gasteiger partial charge in [-0.2, -0.15) is 5.26 Å². The average molecular weight is 539 g/mol. The van der Waals surface area contributed by atoms with Gasteiger partial charge in [-0.15, -0.1) is 0 Å². The second-order valence-electron chi connectivity index (χ2n) is 10.3. The van der Waals surface area contributed by atoms with Crippen LogP contribution < -0.4 is 15.5 Å². The lowest BCUT2D eigenvalue weighted by atomic mass is 9.85. The highest BCUT2D eigenvalue weighted by Crippen LogP contribution is 2.33. The molecule has 1 aliphatic rings. The maximum Gasteiger partial charge on any atom is 0.404 e. The summed E-state index contributed by atoms with van der Waals surface area (Å²) < 4.78 is 44.7. The molecule has 8 nitrogen and oxygen atoms in total. The molecule has 1 saturated heterocycles. The van der Waals surface area contributed by atoms with E-state index < -0.39 is 40.2 Å². The molecular formula is C28H29F3N6O2. The molecule has 39 heavy (non-hydrogen) atoms. The van der Waals surface area contributed by atoms with Crippen LogP contribution in [0.25, 0.3) is 11.3 Å². The lowest BCUT2D eigenvalue weighted by Gasteiger charge is -2.38. The number of anilines is 2. The van der Waals surface area contributed by atoms with E-state index in [1.807, 2.05) is 19.1 Å². The van der Waals surface area contributed by atoms with Gasteiger partial charge in [0.25, 0.3) is 0 Å². The van der Waals surface area contributed by atoms with Gasteiger partial charge in [0.05, 0.1) is 46.9 Å². The molecule has 4 rings (SSSR count). The topological polar surface area (TPSA) is 114 Å². The Morgan fingerprint density at radius 2 is 1.90 bits per heavy atom. The van der Waals surface area contributed by atoms with Crippen LogP contribution in [-0.4, -0.2) is 40.3 Å². The molecule has 204 valence electrons. The van der Waals surface area contributed by atoms with Crippen LogP contribution in [0.4, 0.5) is 29.3 Å². The monoisotopic (exact) mass is 538 g/mol. The molecule has 2 aromatic heterocycles. The molecule has 3 aromatic rings. The van der Waals surface area contributed by atoms with E-state index in [0.717, 1.165) is 30.3 Å². The van der Waals surface area contributed by atoms with Crippen molar-refractivity contribution in [1.82, 2.24) is 15.3 Å². The zero-order valence-corrected chi connectivity index (χ0v) is 21.8. The van der Waals surface area contributed by atoms with Crippen LogP contribution in [0.1, 0.15) is 38.4 Å². The molecule has 1 fully saturated rings. The first-order valence-electron chi connectivity index (χ1n) is 12.5. The lowest BCUT2D eigenvalue weighted by Crippen LogP contribution is -2.50. The summed E-state index contributed by atoms with van der Waals surface area (Å²) in [6.45, 7) is 6.41. The van der Waals surface area contributed by atoms with E-state index >= 15 is 0 Å². The third kappa shape index (κ3) is 6.22. The van der Waals surface area contributed by atoms with Gasteiger partial charge in [-0.1, -0.05) is 6.92 Å². The second-order valence-corrected chi connectivity index (χ2v) is 10.3. The van der Waals surface area contributed by atoms with Gasteiger partial charge < -0.3 is 20.6 Å². The van der Waals surface area contributed by atoms with E-state index in [9.17, 15) is 23.2 Å². The van der Waals surface area contributed by atoms with Gasteiger partial charge in [0.1, 0.15) is 23.1 Å². The van der Waals surface area contributed by atoms with Gasteiger partial charge in [-0.3, -0.25) is 4.98 Å². The summed E-state index contributed by atoms with van der Waals surface area (Å²) in [5, 5.41) is 24.2. The molecule has 0 saturated carbocycles. The van der Waals surface area contributed by atoms with Crippen LogP contribution in [0.15, 0.2) is 42.7 Å². The zero-order valence-electron chi connectivity index (χ0n) is 21.8. The van der Waals surface area contributed by atoms with Crippen molar-refractivity contribution in [3.63, 3.8) is 0 Å². The molecule has 3 heterocycles. The number of hydrogen-bond acceptors (Lipinski definition) is 6. The standard InChI is InChI=1S/C28H29F3N6O2/c1-16-8-19(36-27(38)39)14-37(13-16)24-6-7-33-12-23(24)34-11-18-4-5-20(29)26(35-18)25-21(30)9-17(10-22(25)31)28(2,3)15-32/h4-7,9-10,12,16,19,34,36H,8,11,13-14H2,1-3H3,(H,38,39)/t16-,19+/m1/s1. The maximum absolute atomic E-state index is 15.0. The fourth-order valence-electron chi connectivity index (χ4n) is 4.79. The van der Waals surface area contributed by atoms with Crippen molar-refractivity contribution in [2.75, 3.05) is 23.3 Å². The third-order valence-electron chi connectivity index (χ3n) is 6.77. The molecular weight excluding hydrogens is 509 g/mol. The van der Waals surface area contributed by atoms with Crippen LogP contribution in [0.2, 0.25) is 0 Å². The molecule has 1 aromatic carbocycles. The van der Waals surface area contributed by atoms with Gasteiger partial charge >= 0.3 is 6.09 Å². The molecule has 1 aliphatic heterocycles. The van der Waals surface area contributed by atoms with Crippen LogP contribution in [0.5, 0.6) is 0 Å². The van der Waals surface area contributed by atoms with Crippen molar-refractivity contribution < 1.29 is 23.1 Å². The highest BCUT2D eigenvalue weighted by atomic mass is 19.1. The first-order valence-corrected chi connectivity index (χ1v) is 12.5. The van der Waals surface area contributed by atoms with Crippen molar-refractivity contribution in [2.45, 2.75) is 45.2 Å². The van der Waals surface area contributed by atoms with E-state index in [2.05, 4.69) is 25.5 Å². The van der Waals surface area contributed by atoms with E-state index in [-0.39, 0.29) is 24.1 Å². The first kappa shape index (κ1) is 27.7. The highest BCUT2D eigenvalue weighted by Gasteiger charge is 2.28. The van der Waals surface area contributed by atoms with E-state index in [1.54, 1.807) is 12.4 Å². The van der Waals surface area contributed by atoms with Crippen molar-refractivity contribution in [3.05, 3.63) is 71.4 Å². The minimum absolute atomic E-state index is 0.106. The molecule has 0 spiro atoms. The Kier molecular flexibility index (Phi) is 7.95. The van der Waals surface area contributed by atoms with Crippen molar-refractivity contribution in [1.29, 1.82) is 5.26 Å². The number of rotatable bonds is 7. The largest absolute Gasteiger partial charge is 0.465 e. The van der Waals surface area contributed by atoms with Gasteiger partial charge in [0, 0.05) is 25.3 Å². The Morgan fingerprint density at radius 1 is 1.18 bits per heavy atom. The van der Waals surface area contributed by atoms with Crippen molar-refractivity contribution in [2.24, 2.45) is 5.92 Å². The summed E-state index contributed by atoms with van der Waals surface area (Å²) in [5.74, 6) is -2.66. The van der Waals surface area contributed by atoms with Crippen LogP contribution >= 0.6 is 0 Å². The Bertz CT molecular complexity index is 1400. The second kappa shape index (κ2) is 11.2. The fraction of sp³-hybridized carbons (Fsp3) is 0.357. The molecule has 11 heteroatoms. The van der Waals surface area contributed by atoms with Crippen LogP contribution in [0.3, 0.4) is 0 Å². The normalized spacial score (nSPS) is 17.4. The third-order valence-corrected chi connectivity index (χ3v) is 6.77. The summed E-state index contributed by atoms with van der Waals surface area (Å²) in [6.07, 6.45) is 2.90. The zero-order chi connectivity index (χ0) is 28.3. The highest BCUT2D eigenvalue weighted by molar-refractivity contribution is 5.70. The number of benzene rings is 1. The number of carbonyl (C=O) groups is 1. The summed E-state index contributed by atoms with van der Waals surface area (Å²) in [6, 6.07) is 8.16. The fourth-order valence-corrected chi connectivity index (χ4v) is 4.79. The predicted octanol–water partition coefficient (Wildman–Crippen LogP) is 5.46. The number of halogens is 3. The molecule has 0 aliphatic carbocycles. The van der Waals surface area contributed by atoms with Crippen LogP contribution in [0, 0.1) is 34.7 Å². The van der Waals surface area contributed by atoms with E-state index in [0.29, 0.717) is 24.5 Å². The minimum atomic E-state index is -1.13. The molecule has 0 radical (unpaired) electrons. The number of aromatic nitrogens is 2. The van der Waals surface area contributed by atoms with Crippen molar-refractivity contribution in [3.8, 4) is 17.3 Å². The predicted molar refractivity (Wildman–Crippen MR) is 141 cm³/mol.